The molecule has 1 aliphatic heterocycles. The average molecular weight is 424 g/mol. The van der Waals surface area contributed by atoms with Crippen molar-refractivity contribution in [2.24, 2.45) is 0 Å². The number of likely N-dealkylation sites (N-methyl/N-ethyl adjacent to an activating group) is 1. The standard InChI is InChI=1S/C25H33N3O3/c1-17-6-5-7-19(14-17)26-24(29)27-20-10-11-25(12-13-28(2)23(25)16-20)18-8-9-21(30-3)22(15-18)31-4/h5-9,14-15,20,23H,10-13,16H2,1-4H3,(H2,26,27,29). The summed E-state index contributed by atoms with van der Waals surface area (Å²) in [7, 11) is 5.55. The van der Waals surface area contributed by atoms with Gasteiger partial charge in [0.25, 0.3) is 0 Å². The highest BCUT2D eigenvalue weighted by Crippen LogP contribution is 2.49. The number of carbonyl (C=O) groups excluding carboxylic acids is 1. The number of nitrogens with one attached hydrogen (secondary N) is 2. The number of urea groups is 1. The van der Waals surface area contributed by atoms with E-state index in [1.165, 1.54) is 5.56 Å². The van der Waals surface area contributed by atoms with Gasteiger partial charge in [-0.05, 0) is 81.6 Å². The van der Waals surface area contributed by atoms with E-state index < -0.39 is 0 Å². The fraction of sp³-hybridized carbons (Fsp3) is 0.480. The van der Waals surface area contributed by atoms with Crippen LogP contribution < -0.4 is 20.1 Å². The maximum atomic E-state index is 12.6. The van der Waals surface area contributed by atoms with Gasteiger partial charge in [0.2, 0.25) is 0 Å². The number of amides is 2. The molecule has 4 rings (SSSR count). The number of hydrogen-bond donors (Lipinski definition) is 2. The van der Waals surface area contributed by atoms with Crippen molar-refractivity contribution in [3.05, 3.63) is 53.6 Å². The first-order valence-corrected chi connectivity index (χ1v) is 11.0. The minimum atomic E-state index is -0.130. The Hall–Kier alpha value is -2.73. The molecule has 0 aromatic heterocycles. The predicted molar refractivity (Wildman–Crippen MR) is 123 cm³/mol. The lowest BCUT2D eigenvalue weighted by atomic mass is 9.65. The molecule has 1 saturated carbocycles. The summed E-state index contributed by atoms with van der Waals surface area (Å²) in [6.07, 6.45) is 4.05. The summed E-state index contributed by atoms with van der Waals surface area (Å²) in [5.74, 6) is 1.54. The minimum absolute atomic E-state index is 0.0828. The summed E-state index contributed by atoms with van der Waals surface area (Å²) in [6.45, 7) is 3.08. The van der Waals surface area contributed by atoms with Crippen LogP contribution in [0.2, 0.25) is 0 Å². The molecule has 0 bridgehead atoms. The van der Waals surface area contributed by atoms with Gasteiger partial charge >= 0.3 is 6.03 Å². The third-order valence-electron chi connectivity index (χ3n) is 7.10. The summed E-state index contributed by atoms with van der Waals surface area (Å²) >= 11 is 0. The monoisotopic (exact) mass is 423 g/mol. The van der Waals surface area contributed by atoms with Gasteiger partial charge in [0.05, 0.1) is 14.2 Å². The number of benzene rings is 2. The van der Waals surface area contributed by atoms with Crippen molar-refractivity contribution >= 4 is 11.7 Å². The van der Waals surface area contributed by atoms with E-state index in [-0.39, 0.29) is 17.5 Å². The topological polar surface area (TPSA) is 62.8 Å². The Morgan fingerprint density at radius 1 is 1.10 bits per heavy atom. The molecule has 1 aliphatic carbocycles. The van der Waals surface area contributed by atoms with Gasteiger partial charge < -0.3 is 25.0 Å². The van der Waals surface area contributed by atoms with Crippen LogP contribution in [0.5, 0.6) is 11.5 Å². The van der Waals surface area contributed by atoms with Crippen molar-refractivity contribution < 1.29 is 14.3 Å². The van der Waals surface area contributed by atoms with Crippen LogP contribution >= 0.6 is 0 Å². The van der Waals surface area contributed by atoms with Crippen molar-refractivity contribution in [2.45, 2.75) is 50.1 Å². The number of likely N-dealkylation sites (tertiary alicyclic amines) is 1. The molecule has 1 heterocycles. The number of fused-ring (bicyclic) bond motifs is 1. The zero-order chi connectivity index (χ0) is 22.0. The Labute approximate surface area is 184 Å². The fourth-order valence-corrected chi connectivity index (χ4v) is 5.47. The molecule has 2 N–H and O–H groups in total. The van der Waals surface area contributed by atoms with Crippen LogP contribution in [0.1, 0.15) is 36.8 Å². The van der Waals surface area contributed by atoms with Gasteiger partial charge in [-0.3, -0.25) is 0 Å². The van der Waals surface area contributed by atoms with Crippen LogP contribution in [0.4, 0.5) is 10.5 Å². The molecule has 2 aromatic rings. The van der Waals surface area contributed by atoms with E-state index in [2.05, 4.69) is 34.7 Å². The third kappa shape index (κ3) is 4.22. The molecule has 2 fully saturated rings. The highest BCUT2D eigenvalue weighted by molar-refractivity contribution is 5.89. The highest BCUT2D eigenvalue weighted by atomic mass is 16.5. The van der Waals surface area contributed by atoms with Gasteiger partial charge in [0.1, 0.15) is 0 Å². The highest BCUT2D eigenvalue weighted by Gasteiger charge is 2.50. The summed E-state index contributed by atoms with van der Waals surface area (Å²) < 4.78 is 11.0. The Balaban J connectivity index is 1.48. The third-order valence-corrected chi connectivity index (χ3v) is 7.10. The molecular formula is C25H33N3O3. The molecule has 2 aliphatic rings. The van der Waals surface area contributed by atoms with Gasteiger partial charge in [0.15, 0.2) is 11.5 Å². The number of methoxy groups -OCH3 is 2. The normalized spacial score (nSPS) is 25.5. The van der Waals surface area contributed by atoms with Gasteiger partial charge in [0, 0.05) is 23.2 Å². The molecule has 0 radical (unpaired) electrons. The van der Waals surface area contributed by atoms with Crippen LogP contribution in [0.15, 0.2) is 42.5 Å². The number of ether oxygens (including phenoxy) is 2. The number of aryl methyl sites for hydroxylation is 1. The summed E-state index contributed by atoms with van der Waals surface area (Å²) in [4.78, 5) is 15.1. The maximum absolute atomic E-state index is 12.6. The lowest BCUT2D eigenvalue weighted by Gasteiger charge is -2.45. The molecule has 3 atom stereocenters. The van der Waals surface area contributed by atoms with E-state index in [9.17, 15) is 4.79 Å². The number of carbonyl (C=O) groups is 1. The molecule has 2 aromatic carbocycles. The quantitative estimate of drug-likeness (QED) is 0.752. The van der Waals surface area contributed by atoms with E-state index >= 15 is 0 Å². The lowest BCUT2D eigenvalue weighted by molar-refractivity contribution is 0.156. The van der Waals surface area contributed by atoms with Crippen molar-refractivity contribution in [2.75, 3.05) is 33.1 Å². The van der Waals surface area contributed by atoms with E-state index in [1.807, 2.05) is 37.3 Å². The van der Waals surface area contributed by atoms with Crippen LogP contribution in [-0.2, 0) is 5.41 Å². The molecule has 6 nitrogen and oxygen atoms in total. The second-order valence-electron chi connectivity index (χ2n) is 8.91. The second-order valence-corrected chi connectivity index (χ2v) is 8.91. The van der Waals surface area contributed by atoms with E-state index in [4.69, 9.17) is 9.47 Å². The predicted octanol–water partition coefficient (Wildman–Crippen LogP) is 4.33. The Morgan fingerprint density at radius 2 is 1.90 bits per heavy atom. The largest absolute Gasteiger partial charge is 0.493 e. The van der Waals surface area contributed by atoms with Crippen LogP contribution in [0.25, 0.3) is 0 Å². The fourth-order valence-electron chi connectivity index (χ4n) is 5.47. The number of rotatable bonds is 5. The first kappa shape index (κ1) is 21.5. The van der Waals surface area contributed by atoms with E-state index in [1.54, 1.807) is 14.2 Å². The average Bonchev–Trinajstić information content (AvgIpc) is 3.10. The number of hydrogen-bond acceptors (Lipinski definition) is 4. The maximum Gasteiger partial charge on any atom is 0.319 e. The minimum Gasteiger partial charge on any atom is -0.493 e. The number of nitrogens with zero attached hydrogens (tertiary/aromatic N) is 1. The molecule has 0 spiro atoms. The summed E-state index contributed by atoms with van der Waals surface area (Å²) in [5.41, 5.74) is 3.34. The Bertz CT molecular complexity index is 947. The summed E-state index contributed by atoms with van der Waals surface area (Å²) in [5, 5.41) is 6.18. The molecular weight excluding hydrogens is 390 g/mol. The first-order valence-electron chi connectivity index (χ1n) is 11.0. The Kier molecular flexibility index (Phi) is 6.10. The first-order chi connectivity index (χ1) is 14.9. The Morgan fingerprint density at radius 3 is 2.65 bits per heavy atom. The van der Waals surface area contributed by atoms with E-state index in [0.29, 0.717) is 6.04 Å². The second kappa shape index (κ2) is 8.79. The van der Waals surface area contributed by atoms with Crippen LogP contribution in [0.3, 0.4) is 0 Å². The smallest absolute Gasteiger partial charge is 0.319 e. The zero-order valence-electron chi connectivity index (χ0n) is 18.9. The molecule has 6 heteroatoms. The van der Waals surface area contributed by atoms with Crippen molar-refractivity contribution in [3.8, 4) is 11.5 Å². The van der Waals surface area contributed by atoms with Gasteiger partial charge in [-0.2, -0.15) is 0 Å². The van der Waals surface area contributed by atoms with E-state index in [0.717, 1.165) is 55.0 Å². The van der Waals surface area contributed by atoms with Crippen molar-refractivity contribution in [1.29, 1.82) is 0 Å². The van der Waals surface area contributed by atoms with Gasteiger partial charge in [-0.1, -0.05) is 18.2 Å². The summed E-state index contributed by atoms with van der Waals surface area (Å²) in [6, 6.07) is 14.6. The van der Waals surface area contributed by atoms with Gasteiger partial charge in [-0.25, -0.2) is 4.79 Å². The molecule has 1 saturated heterocycles. The molecule has 31 heavy (non-hydrogen) atoms. The molecule has 3 unspecified atom stereocenters. The van der Waals surface area contributed by atoms with Crippen molar-refractivity contribution in [3.63, 3.8) is 0 Å². The molecule has 2 amide bonds. The SMILES string of the molecule is COc1ccc(C23CCC(NC(=O)Nc4cccc(C)c4)CC2N(C)CC3)cc1OC. The molecule has 166 valence electrons. The number of anilines is 1. The van der Waals surface area contributed by atoms with Crippen LogP contribution in [-0.4, -0.2) is 50.8 Å². The lowest BCUT2D eigenvalue weighted by Crippen LogP contribution is -2.52. The van der Waals surface area contributed by atoms with Crippen LogP contribution in [0, 0.1) is 6.92 Å². The van der Waals surface area contributed by atoms with Crippen molar-refractivity contribution in [1.82, 2.24) is 10.2 Å². The van der Waals surface area contributed by atoms with Gasteiger partial charge in [-0.15, -0.1) is 0 Å². The zero-order valence-corrected chi connectivity index (χ0v) is 18.9.